The van der Waals surface area contributed by atoms with Crippen LogP contribution >= 0.6 is 0 Å². The van der Waals surface area contributed by atoms with Gasteiger partial charge in [-0.25, -0.2) is 0 Å². The van der Waals surface area contributed by atoms with E-state index in [0.717, 1.165) is 45.8 Å². The third-order valence-electron chi connectivity index (χ3n) is 5.27. The van der Waals surface area contributed by atoms with E-state index in [0.29, 0.717) is 0 Å². The van der Waals surface area contributed by atoms with Crippen molar-refractivity contribution in [3.8, 4) is 0 Å². The van der Waals surface area contributed by atoms with Gasteiger partial charge in [0.25, 0.3) is 0 Å². The molecule has 0 aromatic heterocycles. The van der Waals surface area contributed by atoms with Gasteiger partial charge >= 0.3 is 0 Å². The van der Waals surface area contributed by atoms with E-state index in [1.165, 1.54) is 64.2 Å². The lowest BCUT2D eigenvalue weighted by Crippen LogP contribution is -2.33. The SMILES string of the molecule is CCCCCCCCCCCOC1(CCOCCNCCC)C=CC=CC1. The zero-order valence-electron chi connectivity index (χ0n) is 18.1. The molecule has 0 saturated heterocycles. The fourth-order valence-electron chi connectivity index (χ4n) is 3.49. The van der Waals surface area contributed by atoms with Gasteiger partial charge in [-0.15, -0.1) is 0 Å². The van der Waals surface area contributed by atoms with Gasteiger partial charge in [0.15, 0.2) is 0 Å². The number of ether oxygens (including phenoxy) is 2. The van der Waals surface area contributed by atoms with Crippen LogP contribution in [0.4, 0.5) is 0 Å². The van der Waals surface area contributed by atoms with E-state index in [-0.39, 0.29) is 5.60 Å². The molecule has 0 bridgehead atoms. The Labute approximate surface area is 169 Å². The van der Waals surface area contributed by atoms with Gasteiger partial charge in [-0.05, 0) is 25.8 Å². The van der Waals surface area contributed by atoms with E-state index < -0.39 is 0 Å². The van der Waals surface area contributed by atoms with Crippen molar-refractivity contribution in [3.05, 3.63) is 24.3 Å². The molecule has 0 aromatic rings. The molecule has 158 valence electrons. The van der Waals surface area contributed by atoms with Crippen molar-refractivity contribution in [3.63, 3.8) is 0 Å². The van der Waals surface area contributed by atoms with Gasteiger partial charge < -0.3 is 14.8 Å². The van der Waals surface area contributed by atoms with Crippen molar-refractivity contribution in [2.75, 3.05) is 32.9 Å². The Morgan fingerprint density at radius 2 is 1.52 bits per heavy atom. The van der Waals surface area contributed by atoms with Crippen LogP contribution < -0.4 is 5.32 Å². The molecule has 0 aromatic carbocycles. The van der Waals surface area contributed by atoms with Crippen LogP contribution in [0.5, 0.6) is 0 Å². The van der Waals surface area contributed by atoms with E-state index in [1.54, 1.807) is 0 Å². The van der Waals surface area contributed by atoms with Crippen molar-refractivity contribution in [1.29, 1.82) is 0 Å². The number of unbranched alkanes of at least 4 members (excludes halogenated alkanes) is 8. The van der Waals surface area contributed by atoms with E-state index in [4.69, 9.17) is 9.47 Å². The van der Waals surface area contributed by atoms with Crippen LogP contribution in [0, 0.1) is 0 Å². The Morgan fingerprint density at radius 1 is 0.778 bits per heavy atom. The number of allylic oxidation sites excluding steroid dienone is 2. The normalized spacial score (nSPS) is 19.0. The summed E-state index contributed by atoms with van der Waals surface area (Å²) < 4.78 is 12.1. The van der Waals surface area contributed by atoms with Gasteiger partial charge in [0.2, 0.25) is 0 Å². The van der Waals surface area contributed by atoms with Crippen molar-refractivity contribution in [2.45, 2.75) is 96.5 Å². The topological polar surface area (TPSA) is 30.5 Å². The van der Waals surface area contributed by atoms with Crippen molar-refractivity contribution >= 4 is 0 Å². The Kier molecular flexibility index (Phi) is 15.8. The summed E-state index contributed by atoms with van der Waals surface area (Å²) >= 11 is 0. The van der Waals surface area contributed by atoms with Gasteiger partial charge in [-0.3, -0.25) is 0 Å². The molecule has 0 radical (unpaired) electrons. The molecule has 27 heavy (non-hydrogen) atoms. The van der Waals surface area contributed by atoms with Gasteiger partial charge in [-0.1, -0.05) is 89.5 Å². The zero-order chi connectivity index (χ0) is 19.5. The van der Waals surface area contributed by atoms with Crippen LogP contribution in [-0.2, 0) is 9.47 Å². The first-order valence-electron chi connectivity index (χ1n) is 11.6. The molecule has 0 amide bonds. The summed E-state index contributed by atoms with van der Waals surface area (Å²) in [4.78, 5) is 0. The Hall–Kier alpha value is -0.640. The second kappa shape index (κ2) is 17.5. The first-order valence-corrected chi connectivity index (χ1v) is 11.6. The smallest absolute Gasteiger partial charge is 0.0921 e. The highest BCUT2D eigenvalue weighted by molar-refractivity contribution is 5.18. The first-order chi connectivity index (χ1) is 13.3. The molecular weight excluding hydrogens is 334 g/mol. The Bertz CT molecular complexity index is 381. The molecule has 0 saturated carbocycles. The Balaban J connectivity index is 2.08. The molecule has 1 unspecified atom stereocenters. The van der Waals surface area contributed by atoms with E-state index in [9.17, 15) is 0 Å². The lowest BCUT2D eigenvalue weighted by atomic mass is 9.91. The summed E-state index contributed by atoms with van der Waals surface area (Å²) in [7, 11) is 0. The van der Waals surface area contributed by atoms with Gasteiger partial charge in [0, 0.05) is 26.2 Å². The maximum atomic E-state index is 6.34. The van der Waals surface area contributed by atoms with Crippen LogP contribution in [0.15, 0.2) is 24.3 Å². The molecule has 1 aliphatic rings. The van der Waals surface area contributed by atoms with Crippen molar-refractivity contribution < 1.29 is 9.47 Å². The van der Waals surface area contributed by atoms with E-state index in [1.807, 2.05) is 0 Å². The Morgan fingerprint density at radius 3 is 2.19 bits per heavy atom. The molecule has 1 rings (SSSR count). The molecule has 1 aliphatic carbocycles. The van der Waals surface area contributed by atoms with E-state index in [2.05, 4.69) is 43.5 Å². The van der Waals surface area contributed by atoms with Crippen LogP contribution in [0.25, 0.3) is 0 Å². The highest BCUT2D eigenvalue weighted by Crippen LogP contribution is 2.27. The standard InChI is InChI=1S/C24H45NO2/c1-3-5-6-7-8-9-10-11-15-21-27-24(16-13-12-14-17-24)18-22-26-23-20-25-19-4-2/h12-14,16,25H,3-11,15,17-23H2,1-2H3. The number of nitrogens with one attached hydrogen (secondary N) is 1. The molecule has 1 N–H and O–H groups in total. The predicted molar refractivity (Wildman–Crippen MR) is 117 cm³/mol. The van der Waals surface area contributed by atoms with Gasteiger partial charge in [-0.2, -0.15) is 0 Å². The third-order valence-corrected chi connectivity index (χ3v) is 5.27. The minimum Gasteiger partial charge on any atom is -0.380 e. The average molecular weight is 380 g/mol. The fourth-order valence-corrected chi connectivity index (χ4v) is 3.49. The second-order valence-corrected chi connectivity index (χ2v) is 7.85. The van der Waals surface area contributed by atoms with Crippen molar-refractivity contribution in [1.82, 2.24) is 5.32 Å². The maximum Gasteiger partial charge on any atom is 0.0921 e. The van der Waals surface area contributed by atoms with Gasteiger partial charge in [0.1, 0.15) is 0 Å². The summed E-state index contributed by atoms with van der Waals surface area (Å²) in [5.74, 6) is 0. The summed E-state index contributed by atoms with van der Waals surface area (Å²) in [6, 6.07) is 0. The number of hydrogen-bond acceptors (Lipinski definition) is 3. The minimum atomic E-state index is -0.147. The molecule has 0 aliphatic heterocycles. The molecule has 0 spiro atoms. The monoisotopic (exact) mass is 379 g/mol. The summed E-state index contributed by atoms with van der Waals surface area (Å²) in [5.41, 5.74) is -0.147. The predicted octanol–water partition coefficient (Wildman–Crippen LogP) is 6.20. The molecule has 0 heterocycles. The fraction of sp³-hybridized carbons (Fsp3) is 0.833. The summed E-state index contributed by atoms with van der Waals surface area (Å²) in [6.45, 7) is 8.90. The second-order valence-electron chi connectivity index (χ2n) is 7.85. The maximum absolute atomic E-state index is 6.34. The van der Waals surface area contributed by atoms with E-state index >= 15 is 0 Å². The highest BCUT2D eigenvalue weighted by Gasteiger charge is 2.27. The van der Waals surface area contributed by atoms with Crippen LogP contribution in [-0.4, -0.2) is 38.5 Å². The number of hydrogen-bond donors (Lipinski definition) is 1. The summed E-state index contributed by atoms with van der Waals surface area (Å²) in [6.07, 6.45) is 24.0. The molecule has 0 fully saturated rings. The zero-order valence-corrected chi connectivity index (χ0v) is 18.1. The minimum absolute atomic E-state index is 0.147. The highest BCUT2D eigenvalue weighted by atomic mass is 16.5. The van der Waals surface area contributed by atoms with Crippen LogP contribution in [0.1, 0.15) is 90.9 Å². The molecule has 3 nitrogen and oxygen atoms in total. The van der Waals surface area contributed by atoms with Gasteiger partial charge in [0.05, 0.1) is 12.2 Å². The third kappa shape index (κ3) is 13.2. The van der Waals surface area contributed by atoms with Crippen LogP contribution in [0.3, 0.4) is 0 Å². The number of rotatable bonds is 19. The first kappa shape index (κ1) is 24.4. The lowest BCUT2D eigenvalue weighted by molar-refractivity contribution is -0.0327. The van der Waals surface area contributed by atoms with Crippen molar-refractivity contribution in [2.24, 2.45) is 0 Å². The average Bonchev–Trinajstić information content (AvgIpc) is 2.69. The largest absolute Gasteiger partial charge is 0.380 e. The lowest BCUT2D eigenvalue weighted by Gasteiger charge is -2.31. The quantitative estimate of drug-likeness (QED) is 0.271. The summed E-state index contributed by atoms with van der Waals surface area (Å²) in [5, 5.41) is 3.37. The molecule has 3 heteroatoms. The van der Waals surface area contributed by atoms with Crippen LogP contribution in [0.2, 0.25) is 0 Å². The molecular formula is C24H45NO2. The molecule has 1 atom stereocenters.